The molecule has 2 heterocycles. The van der Waals surface area contributed by atoms with E-state index in [-0.39, 0.29) is 0 Å². The number of aromatic nitrogens is 2. The Labute approximate surface area is 118 Å². The lowest BCUT2D eigenvalue weighted by atomic mass is 10.1. The van der Waals surface area contributed by atoms with Crippen LogP contribution < -0.4 is 0 Å². The number of aldehydes is 1. The SMILES string of the molecule is O=Cc1ccc(-c2cn3cc(I)ccc3n2)cc1. The molecule has 0 unspecified atom stereocenters. The predicted octanol–water partition coefficient (Wildman–Crippen LogP) is 3.42. The van der Waals surface area contributed by atoms with Gasteiger partial charge in [-0.25, -0.2) is 4.98 Å². The molecule has 0 N–H and O–H groups in total. The van der Waals surface area contributed by atoms with Crippen molar-refractivity contribution < 1.29 is 4.79 Å². The minimum Gasteiger partial charge on any atom is -0.305 e. The lowest BCUT2D eigenvalue weighted by molar-refractivity contribution is 0.112. The monoisotopic (exact) mass is 348 g/mol. The van der Waals surface area contributed by atoms with Crippen LogP contribution in [0.3, 0.4) is 0 Å². The van der Waals surface area contributed by atoms with Crippen LogP contribution in [0.15, 0.2) is 48.8 Å². The average molecular weight is 348 g/mol. The van der Waals surface area contributed by atoms with Crippen molar-refractivity contribution in [3.05, 3.63) is 57.9 Å². The molecule has 2 aromatic heterocycles. The first-order valence-corrected chi connectivity index (χ1v) is 6.54. The number of nitrogens with zero attached hydrogens (tertiary/aromatic N) is 2. The van der Waals surface area contributed by atoms with Crippen molar-refractivity contribution in [3.63, 3.8) is 0 Å². The number of pyridine rings is 1. The largest absolute Gasteiger partial charge is 0.305 e. The topological polar surface area (TPSA) is 34.4 Å². The summed E-state index contributed by atoms with van der Waals surface area (Å²) in [4.78, 5) is 15.2. The van der Waals surface area contributed by atoms with Gasteiger partial charge in [-0.15, -0.1) is 0 Å². The van der Waals surface area contributed by atoms with Gasteiger partial charge in [0.05, 0.1) is 5.69 Å². The van der Waals surface area contributed by atoms with E-state index in [1.54, 1.807) is 12.1 Å². The molecule has 0 spiro atoms. The molecular formula is C14H9IN2O. The summed E-state index contributed by atoms with van der Waals surface area (Å²) < 4.78 is 3.17. The highest BCUT2D eigenvalue weighted by Crippen LogP contribution is 2.20. The van der Waals surface area contributed by atoms with Crippen molar-refractivity contribution in [1.29, 1.82) is 0 Å². The highest BCUT2D eigenvalue weighted by molar-refractivity contribution is 14.1. The van der Waals surface area contributed by atoms with E-state index in [9.17, 15) is 4.79 Å². The molecule has 0 bridgehead atoms. The Bertz CT molecular complexity index is 716. The summed E-state index contributed by atoms with van der Waals surface area (Å²) in [6, 6.07) is 11.5. The molecule has 3 rings (SSSR count). The molecule has 4 heteroatoms. The second-order valence-electron chi connectivity index (χ2n) is 3.98. The molecule has 0 saturated heterocycles. The second kappa shape index (κ2) is 4.53. The summed E-state index contributed by atoms with van der Waals surface area (Å²) in [5.74, 6) is 0. The van der Waals surface area contributed by atoms with E-state index in [4.69, 9.17) is 0 Å². The molecule has 0 aliphatic rings. The highest BCUT2D eigenvalue weighted by atomic mass is 127. The molecule has 18 heavy (non-hydrogen) atoms. The van der Waals surface area contributed by atoms with Gasteiger partial charge in [-0.3, -0.25) is 4.79 Å². The van der Waals surface area contributed by atoms with Gasteiger partial charge in [0.1, 0.15) is 11.9 Å². The van der Waals surface area contributed by atoms with Crippen LogP contribution in [0, 0.1) is 3.57 Å². The zero-order valence-corrected chi connectivity index (χ0v) is 11.5. The van der Waals surface area contributed by atoms with Crippen LogP contribution in [-0.4, -0.2) is 15.7 Å². The fourth-order valence-corrected chi connectivity index (χ4v) is 2.32. The summed E-state index contributed by atoms with van der Waals surface area (Å²) >= 11 is 2.27. The predicted molar refractivity (Wildman–Crippen MR) is 78.7 cm³/mol. The van der Waals surface area contributed by atoms with Gasteiger partial charge < -0.3 is 4.40 Å². The third-order valence-corrected chi connectivity index (χ3v) is 3.40. The number of hydrogen-bond acceptors (Lipinski definition) is 2. The summed E-state index contributed by atoms with van der Waals surface area (Å²) in [6.07, 6.45) is 4.87. The maximum absolute atomic E-state index is 10.6. The summed E-state index contributed by atoms with van der Waals surface area (Å²) in [6.45, 7) is 0. The Kier molecular flexibility index (Phi) is 2.87. The van der Waals surface area contributed by atoms with E-state index < -0.39 is 0 Å². The number of halogens is 1. The fraction of sp³-hybridized carbons (Fsp3) is 0. The number of rotatable bonds is 2. The third-order valence-electron chi connectivity index (χ3n) is 2.76. The Balaban J connectivity index is 2.10. The van der Waals surface area contributed by atoms with Gasteiger partial charge >= 0.3 is 0 Å². The standard InChI is InChI=1S/C14H9IN2O/c15-12-5-6-14-16-13(8-17(14)7-12)11-3-1-10(9-18)2-4-11/h1-9H. The molecule has 0 radical (unpaired) electrons. The lowest BCUT2D eigenvalue weighted by Crippen LogP contribution is -1.82. The average Bonchev–Trinajstić information content (AvgIpc) is 2.81. The first-order chi connectivity index (χ1) is 8.76. The number of fused-ring (bicyclic) bond motifs is 1. The Morgan fingerprint density at radius 2 is 1.83 bits per heavy atom. The van der Waals surface area contributed by atoms with Crippen molar-refractivity contribution in [2.24, 2.45) is 0 Å². The molecule has 3 nitrogen and oxygen atoms in total. The number of carbonyl (C=O) groups excluding carboxylic acids is 1. The van der Waals surface area contributed by atoms with E-state index in [1.165, 1.54) is 3.57 Å². The van der Waals surface area contributed by atoms with Crippen LogP contribution in [0.2, 0.25) is 0 Å². The van der Waals surface area contributed by atoms with Crippen LogP contribution in [0.5, 0.6) is 0 Å². The molecule has 0 aliphatic carbocycles. The molecule has 0 saturated carbocycles. The maximum atomic E-state index is 10.6. The van der Waals surface area contributed by atoms with Gasteiger partial charge in [0.25, 0.3) is 0 Å². The van der Waals surface area contributed by atoms with E-state index >= 15 is 0 Å². The van der Waals surface area contributed by atoms with Gasteiger partial charge in [-0.2, -0.15) is 0 Å². The first kappa shape index (κ1) is 11.4. The molecule has 3 aromatic rings. The van der Waals surface area contributed by atoms with Gasteiger partial charge in [0, 0.05) is 27.1 Å². The highest BCUT2D eigenvalue weighted by Gasteiger charge is 2.04. The van der Waals surface area contributed by atoms with Crippen molar-refractivity contribution >= 4 is 34.5 Å². The second-order valence-corrected chi connectivity index (χ2v) is 5.22. The molecule has 1 aromatic carbocycles. The van der Waals surface area contributed by atoms with Crippen LogP contribution in [0.25, 0.3) is 16.9 Å². The number of carbonyl (C=O) groups is 1. The minimum atomic E-state index is 0.678. The molecular weight excluding hydrogens is 339 g/mol. The van der Waals surface area contributed by atoms with E-state index in [1.807, 2.05) is 41.1 Å². The maximum Gasteiger partial charge on any atom is 0.150 e. The fourth-order valence-electron chi connectivity index (χ4n) is 1.84. The summed E-state index contributed by atoms with van der Waals surface area (Å²) in [5.41, 5.74) is 3.52. The number of imidazole rings is 1. The lowest BCUT2D eigenvalue weighted by Gasteiger charge is -1.95. The van der Waals surface area contributed by atoms with Gasteiger partial charge in [0.2, 0.25) is 0 Å². The van der Waals surface area contributed by atoms with Crippen LogP contribution in [-0.2, 0) is 0 Å². The van der Waals surface area contributed by atoms with Crippen molar-refractivity contribution in [2.75, 3.05) is 0 Å². The first-order valence-electron chi connectivity index (χ1n) is 5.46. The Hall–Kier alpha value is -1.69. The van der Waals surface area contributed by atoms with E-state index in [0.29, 0.717) is 5.56 Å². The number of hydrogen-bond donors (Lipinski definition) is 0. The Morgan fingerprint density at radius 3 is 2.56 bits per heavy atom. The van der Waals surface area contributed by atoms with Gasteiger partial charge in [0.15, 0.2) is 0 Å². The smallest absolute Gasteiger partial charge is 0.150 e. The third kappa shape index (κ3) is 2.03. The molecule has 0 atom stereocenters. The normalized spacial score (nSPS) is 10.7. The van der Waals surface area contributed by atoms with Crippen LogP contribution in [0.1, 0.15) is 10.4 Å². The van der Waals surface area contributed by atoms with Gasteiger partial charge in [-0.05, 0) is 34.7 Å². The Morgan fingerprint density at radius 1 is 1.06 bits per heavy atom. The summed E-state index contributed by atoms with van der Waals surface area (Å²) in [7, 11) is 0. The molecule has 0 aliphatic heterocycles. The van der Waals surface area contributed by atoms with Crippen molar-refractivity contribution in [2.45, 2.75) is 0 Å². The zero-order chi connectivity index (χ0) is 12.5. The van der Waals surface area contributed by atoms with Crippen LogP contribution >= 0.6 is 22.6 Å². The number of benzene rings is 1. The molecule has 0 amide bonds. The van der Waals surface area contributed by atoms with Crippen molar-refractivity contribution in [1.82, 2.24) is 9.38 Å². The van der Waals surface area contributed by atoms with Gasteiger partial charge in [-0.1, -0.05) is 24.3 Å². The zero-order valence-electron chi connectivity index (χ0n) is 9.38. The minimum absolute atomic E-state index is 0.678. The van der Waals surface area contributed by atoms with Crippen molar-refractivity contribution in [3.8, 4) is 11.3 Å². The quantitative estimate of drug-likeness (QED) is 0.525. The summed E-state index contributed by atoms with van der Waals surface area (Å²) in [5, 5.41) is 0. The van der Waals surface area contributed by atoms with Crippen LogP contribution in [0.4, 0.5) is 0 Å². The van der Waals surface area contributed by atoms with E-state index in [2.05, 4.69) is 27.6 Å². The molecule has 88 valence electrons. The van der Waals surface area contributed by atoms with E-state index in [0.717, 1.165) is 23.2 Å². The molecule has 0 fully saturated rings.